The van der Waals surface area contributed by atoms with Gasteiger partial charge in [0.05, 0.1) is 121 Å². The van der Waals surface area contributed by atoms with E-state index in [4.69, 9.17) is 99.8 Å². The Hall–Kier alpha value is 2.88. The Morgan fingerprint density at radius 3 is 1.11 bits per heavy atom. The van der Waals surface area contributed by atoms with Crippen LogP contribution in [0.3, 0.4) is 0 Å². The molecular formula is C91H159B2N8O21S4Y7-7. The second-order valence-corrected chi connectivity index (χ2v) is 37.1. The first-order valence-electron chi connectivity index (χ1n) is 43.9. The number of azide groups is 1. The fraction of sp³-hybridized carbons (Fsp3) is 0.736. The quantitative estimate of drug-likeness (QED) is 0.00966. The topological polar surface area (TPSA) is 344 Å². The van der Waals surface area contributed by atoms with Crippen molar-refractivity contribution < 1.29 is 329 Å². The summed E-state index contributed by atoms with van der Waals surface area (Å²) in [5.74, 6) is 5.16. The van der Waals surface area contributed by atoms with Crippen LogP contribution in [0.2, 0.25) is 26.8 Å². The third kappa shape index (κ3) is 84.5. The van der Waals surface area contributed by atoms with Crippen LogP contribution in [0.15, 0.2) is 78.7 Å². The van der Waals surface area contributed by atoms with Gasteiger partial charge in [0.1, 0.15) is 18.3 Å². The number of H-pyrrole nitrogens is 3. The van der Waals surface area contributed by atoms with E-state index in [2.05, 4.69) is 109 Å². The van der Waals surface area contributed by atoms with Crippen LogP contribution < -0.4 is 0 Å². The van der Waals surface area contributed by atoms with E-state index in [0.29, 0.717) is 85.7 Å². The van der Waals surface area contributed by atoms with Crippen molar-refractivity contribution in [1.29, 1.82) is 0 Å². The van der Waals surface area contributed by atoms with Crippen LogP contribution in [-0.4, -0.2) is 276 Å². The summed E-state index contributed by atoms with van der Waals surface area (Å²) in [7, 11) is 0. The van der Waals surface area contributed by atoms with Crippen LogP contribution in [-0.2, 0) is 310 Å². The number of ether oxygens (including phenoxy) is 16. The number of nitrogens with zero attached hydrogens (tertiary/aromatic N) is 5. The van der Waals surface area contributed by atoms with Gasteiger partial charge in [-0.2, -0.15) is 0 Å². The van der Waals surface area contributed by atoms with Crippen LogP contribution in [0.5, 0.6) is 0 Å². The number of esters is 1. The molecule has 9 saturated heterocycles. The zero-order chi connectivity index (χ0) is 94.0. The summed E-state index contributed by atoms with van der Waals surface area (Å²) >= 11 is 8.12. The second kappa shape index (κ2) is 98.2. The standard InChI is InChI=1S/C12H21O2S2.C11H18NO2.C11H19O2S2.C10H16NO2.C10H17O4.C9H15O4.C8H13O3.3C4H5N.C3H9BO.C2H7BO.C2H5N3.CH4.7Y/c1-8-7-11(9(2)13-8)14-10(3)12-15-5-4-6-16-12;1-8(6-12-4)7-13-11-5-9(2)14-10(11)3;1-8-6-10(9(2)13-8)12-7-11-14-4-3-5-15-11;1-8-7-10(9(2)13-8)12-6-4-5-11-3;1-6(2)12-10(11)14-9-5-7(3)13-8(9)4;1-4-11-9(10)13-8-5-6(2)12-7(8)3;1-5-4-8(6(2)10-5)11-7(3)9;3*1-2-4-5-3-1;1-3-4(2)5;1-3(2)4;1-2-4-5-3;;;;;;;;/h8-12H,2,4-7H2,1,3H3;8-11H,3,5-7H2,1-2H3;8-11H,2-7H2,1H3;8-10H,2,4-7H2,1H3;6-9H,4-5H2,1-3H3;6-8H,3-5H2,1-2H3;5-6,8H,2,4H2,1,3H3;3*1-5H;5H,3H2,1-2H3;4H,1-2H3;2H2,1H3;1H4;;;;;;;/q7*-1;;;;;;;;;;;;;;/t8-,9+,10?,11+;8?,9-,10+,11+;2*8-,9+,10+;7-,8+,9+;6-,7+,8+;5-,6+,8+;;;;;;;;;;;;;;/m0000000............../s1. The van der Waals surface area contributed by atoms with E-state index >= 15 is 0 Å². The van der Waals surface area contributed by atoms with Crippen molar-refractivity contribution in [3.8, 4) is 0 Å². The molecule has 0 aromatic carbocycles. The van der Waals surface area contributed by atoms with Gasteiger partial charge in [-0.15, -0.1) is 47.0 Å². The number of rotatable bonds is 21. The van der Waals surface area contributed by atoms with E-state index in [-0.39, 0.29) is 378 Å². The molecule has 5 N–H and O–H groups in total. The summed E-state index contributed by atoms with van der Waals surface area (Å²) in [5, 5.41) is 19.6. The average molecular weight is 2470 g/mol. The molecule has 12 rings (SSSR count). The minimum atomic E-state index is -0.642. The van der Waals surface area contributed by atoms with Gasteiger partial charge in [0.15, 0.2) is 0 Å². The van der Waals surface area contributed by atoms with Crippen LogP contribution >= 0.6 is 47.0 Å². The molecule has 23 atom stereocenters. The molecule has 0 amide bonds. The van der Waals surface area contributed by atoms with Gasteiger partial charge in [-0.3, -0.25) is 4.79 Å². The number of nitrogens with one attached hydrogen (secondary N) is 3. The predicted molar refractivity (Wildman–Crippen MR) is 514 cm³/mol. The van der Waals surface area contributed by atoms with E-state index in [9.17, 15) is 14.4 Å². The van der Waals surface area contributed by atoms with E-state index in [1.807, 2.05) is 169 Å². The van der Waals surface area contributed by atoms with Crippen molar-refractivity contribution in [3.63, 3.8) is 0 Å². The van der Waals surface area contributed by atoms with Gasteiger partial charge in [0.25, 0.3) is 13.8 Å². The number of carbonyl (C=O) groups is 3. The molecule has 12 heterocycles. The van der Waals surface area contributed by atoms with Crippen molar-refractivity contribution in [3.05, 3.63) is 155 Å². The molecule has 2 unspecified atom stereocenters. The third-order valence-corrected chi connectivity index (χ3v) is 24.3. The van der Waals surface area contributed by atoms with E-state index < -0.39 is 12.3 Å². The molecule has 29 nitrogen and oxygen atoms in total. The Morgan fingerprint density at radius 2 is 0.835 bits per heavy atom. The minimum absolute atomic E-state index is 0. The molecule has 42 heteroatoms. The molecule has 3 aromatic heterocycles. The Morgan fingerprint density at radius 1 is 0.511 bits per heavy atom. The Bertz CT molecular complexity index is 3070. The average Bonchev–Trinajstić information content (AvgIpc) is 1.77. The SMILES string of the molecule is C.CB(C)O.CCB(C)O.CCN=[N+]=[N-].[C-]#[N+]CC(C)CO[C@@H]1C[C@H](C)O[C@@H]1[CH2-].[C-]#[N+]CCCO[C@@H]1C[C@H](C)O[C@@H]1[CH2-].[CH2-][C@H]1O[C@@H](C)C[C@H]1OC(=O)OC(C)C.[CH2-][C@H]1O[C@@H](C)C[C@H]1OC(=O)OCC.[CH2-][C@H]1O[C@@H](C)C[C@H]1OC(C)=O.[CH2-][C@H]1O[C@@H](C)C[C@H]1OC(C)C1SCCCS1.[CH2-][C@H]1O[C@@H](C)C[C@H]1OCC1SCCCS1.[Y].[Y].[Y].[Y].[Y].[Y].[Y].c1cc[nH]c1.c1cc[nH]c1.c1cc[nH]c1. The van der Waals surface area contributed by atoms with Gasteiger partial charge in [0, 0.05) is 310 Å². The van der Waals surface area contributed by atoms with Gasteiger partial charge < -0.3 is 159 Å². The van der Waals surface area contributed by atoms with Crippen molar-refractivity contribution in [2.75, 3.05) is 69.1 Å². The van der Waals surface area contributed by atoms with E-state index in [0.717, 1.165) is 51.5 Å². The zero-order valence-corrected chi connectivity index (χ0v) is 105. The maximum atomic E-state index is 11.1. The molecular weight excluding hydrogens is 2310 g/mol. The summed E-state index contributed by atoms with van der Waals surface area (Å²) in [5.41, 5.74) is 7.52. The molecule has 9 aliphatic heterocycles. The smallest absolute Gasteiger partial charge is 0.463 e. The maximum absolute atomic E-state index is 11.1. The van der Waals surface area contributed by atoms with Crippen molar-refractivity contribution in [2.45, 2.75) is 352 Å². The summed E-state index contributed by atoms with van der Waals surface area (Å²) in [6, 6.07) is 11.7. The third-order valence-electron chi connectivity index (χ3n) is 18.1. The fourth-order valence-electron chi connectivity index (χ4n) is 12.0. The number of hydrogen-bond acceptors (Lipinski definition) is 26. The predicted octanol–water partition coefficient (Wildman–Crippen LogP) is 19.4. The van der Waals surface area contributed by atoms with Crippen molar-refractivity contribution in [1.82, 2.24) is 15.0 Å². The minimum Gasteiger partial charge on any atom is -0.463 e. The van der Waals surface area contributed by atoms with Gasteiger partial charge >= 0.3 is 18.3 Å². The first-order chi connectivity index (χ1) is 59.4. The summed E-state index contributed by atoms with van der Waals surface area (Å²) < 4.78 is 87.0. The monoisotopic (exact) mass is 2470 g/mol. The maximum Gasteiger partial charge on any atom is 0.508 e. The Balaban J connectivity index is -0.000000182. The first-order valence-corrected chi connectivity index (χ1v) is 48.1. The zero-order valence-electron chi connectivity index (χ0n) is 82.2. The number of thioether (sulfide) groups is 4. The molecule has 9 aliphatic rings. The van der Waals surface area contributed by atoms with Crippen LogP contribution in [0.4, 0.5) is 9.59 Å². The summed E-state index contributed by atoms with van der Waals surface area (Å²) in [6.07, 6.45) is 21.0. The number of aromatic nitrogens is 3. The van der Waals surface area contributed by atoms with Crippen molar-refractivity contribution >= 4 is 79.2 Å². The largest absolute Gasteiger partial charge is 0.508 e. The number of carbonyl (C=O) groups excluding carboxylic acids is 3. The van der Waals surface area contributed by atoms with Gasteiger partial charge in [-0.05, 0) is 222 Å². The molecule has 133 heavy (non-hydrogen) atoms. The van der Waals surface area contributed by atoms with Gasteiger partial charge in [-0.1, -0.05) is 60.1 Å². The Kier molecular flexibility index (Phi) is 113. The molecule has 7 radical (unpaired) electrons. The summed E-state index contributed by atoms with van der Waals surface area (Å²) in [4.78, 5) is 50.3. The van der Waals surface area contributed by atoms with E-state index in [1.165, 1.54) is 42.8 Å². The Labute approximate surface area is 996 Å². The van der Waals surface area contributed by atoms with Crippen LogP contribution in [0, 0.1) is 67.5 Å². The molecule has 747 valence electrons. The summed E-state index contributed by atoms with van der Waals surface area (Å²) in [6.45, 7) is 77.9. The molecule has 9 fully saturated rings. The molecule has 0 aliphatic carbocycles. The number of hydrogen-bond donors (Lipinski definition) is 5. The fourth-order valence-corrected chi connectivity index (χ4v) is 17.6. The van der Waals surface area contributed by atoms with Crippen molar-refractivity contribution in [2.24, 2.45) is 11.0 Å². The van der Waals surface area contributed by atoms with Gasteiger partial charge in [0.2, 0.25) is 13.1 Å². The molecule has 0 spiro atoms. The van der Waals surface area contributed by atoms with Crippen LogP contribution in [0.1, 0.15) is 175 Å². The second-order valence-electron chi connectivity index (χ2n) is 31.4. The molecule has 0 bridgehead atoms. The normalized spacial score (nSPS) is 27.1. The van der Waals surface area contributed by atoms with E-state index in [1.54, 1.807) is 48.2 Å². The molecule has 0 saturated carbocycles. The first kappa shape index (κ1) is 154. The van der Waals surface area contributed by atoms with Gasteiger partial charge in [-0.25, -0.2) is 22.7 Å². The van der Waals surface area contributed by atoms with Crippen LogP contribution in [0.25, 0.3) is 20.1 Å². The molecule has 3 aromatic rings. The number of aromatic amines is 3.